The van der Waals surface area contributed by atoms with Gasteiger partial charge < -0.3 is 14.2 Å². The van der Waals surface area contributed by atoms with Crippen molar-refractivity contribution in [3.8, 4) is 11.8 Å². The van der Waals surface area contributed by atoms with Crippen LogP contribution in [0.3, 0.4) is 0 Å². The van der Waals surface area contributed by atoms with Crippen LogP contribution in [-0.4, -0.2) is 30.6 Å². The van der Waals surface area contributed by atoms with Crippen LogP contribution in [0.4, 0.5) is 0 Å². The first kappa shape index (κ1) is 38.2. The van der Waals surface area contributed by atoms with Gasteiger partial charge in [-0.25, -0.2) is 0 Å². The SMILES string of the molecule is CCCCCCCCCCCCCCCC(=O)OCC/C(=C/OC(C)=O)[C@H](C/C=C(\C)C#CC=C(C)C)OC(C)=O. The normalized spacial score (nSPS) is 12.1. The molecule has 0 spiro atoms. The van der Waals surface area contributed by atoms with Gasteiger partial charge in [-0.15, -0.1) is 0 Å². The third-order valence-electron chi connectivity index (χ3n) is 6.50. The Labute approximate surface area is 250 Å². The van der Waals surface area contributed by atoms with Crippen molar-refractivity contribution in [2.45, 2.75) is 150 Å². The van der Waals surface area contributed by atoms with Crippen molar-refractivity contribution in [3.63, 3.8) is 0 Å². The van der Waals surface area contributed by atoms with E-state index in [-0.39, 0.29) is 19.0 Å². The van der Waals surface area contributed by atoms with E-state index in [2.05, 4.69) is 18.8 Å². The van der Waals surface area contributed by atoms with E-state index in [1.807, 2.05) is 32.9 Å². The summed E-state index contributed by atoms with van der Waals surface area (Å²) in [6.45, 7) is 10.8. The van der Waals surface area contributed by atoms with E-state index in [0.717, 1.165) is 30.4 Å². The van der Waals surface area contributed by atoms with Gasteiger partial charge in [-0.2, -0.15) is 0 Å². The highest BCUT2D eigenvalue weighted by molar-refractivity contribution is 5.69. The molecule has 0 heterocycles. The standard InChI is InChI=1S/C35H56O6/c1-7-8-9-10-11-12-13-14-15-16-17-18-19-23-35(38)39-27-26-33(28-40-31(5)36)34(41-32(6)37)25-24-30(4)22-20-21-29(2)3/h21,24,28,34H,7-19,23,25-27H2,1-6H3/b30-24+,33-28-/t34-/m0/s1. The molecule has 0 aromatic carbocycles. The van der Waals surface area contributed by atoms with E-state index in [4.69, 9.17) is 14.2 Å². The van der Waals surface area contributed by atoms with Crippen molar-refractivity contribution in [2.24, 2.45) is 0 Å². The fraction of sp³-hybridized carbons (Fsp3) is 0.686. The Balaban J connectivity index is 4.53. The van der Waals surface area contributed by atoms with Gasteiger partial charge in [0.25, 0.3) is 0 Å². The second-order valence-electron chi connectivity index (χ2n) is 11.0. The zero-order valence-corrected chi connectivity index (χ0v) is 26.8. The van der Waals surface area contributed by atoms with Gasteiger partial charge in [0.1, 0.15) is 6.10 Å². The molecule has 0 fully saturated rings. The third-order valence-corrected chi connectivity index (χ3v) is 6.50. The number of carbonyl (C=O) groups excluding carboxylic acids is 3. The Morgan fingerprint density at radius 3 is 1.80 bits per heavy atom. The molecule has 0 aliphatic heterocycles. The van der Waals surface area contributed by atoms with E-state index in [9.17, 15) is 14.4 Å². The maximum absolute atomic E-state index is 12.3. The predicted molar refractivity (Wildman–Crippen MR) is 167 cm³/mol. The molecular weight excluding hydrogens is 516 g/mol. The van der Waals surface area contributed by atoms with Crippen LogP contribution < -0.4 is 0 Å². The van der Waals surface area contributed by atoms with E-state index in [1.54, 1.807) is 0 Å². The number of rotatable bonds is 22. The number of hydrogen-bond donors (Lipinski definition) is 0. The summed E-state index contributed by atoms with van der Waals surface area (Å²) in [5.41, 5.74) is 2.50. The van der Waals surface area contributed by atoms with Crippen LogP contribution >= 0.6 is 0 Å². The zero-order chi connectivity index (χ0) is 30.7. The summed E-state index contributed by atoms with van der Waals surface area (Å²) in [5.74, 6) is 4.84. The van der Waals surface area contributed by atoms with Gasteiger partial charge in [-0.3, -0.25) is 14.4 Å². The first-order valence-corrected chi connectivity index (χ1v) is 15.7. The molecule has 0 aliphatic carbocycles. The Hall–Kier alpha value is -2.81. The van der Waals surface area contributed by atoms with Gasteiger partial charge in [0.2, 0.25) is 0 Å². The second kappa shape index (κ2) is 26.1. The van der Waals surface area contributed by atoms with Crippen molar-refractivity contribution in [1.29, 1.82) is 0 Å². The monoisotopic (exact) mass is 572 g/mol. The molecule has 232 valence electrons. The zero-order valence-electron chi connectivity index (χ0n) is 26.8. The minimum absolute atomic E-state index is 0.116. The Morgan fingerprint density at radius 2 is 1.29 bits per heavy atom. The molecule has 0 aromatic heterocycles. The summed E-state index contributed by atoms with van der Waals surface area (Å²) in [6.07, 6.45) is 21.7. The fourth-order valence-corrected chi connectivity index (χ4v) is 4.20. The Bertz CT molecular complexity index is 895. The van der Waals surface area contributed by atoms with Crippen molar-refractivity contribution in [1.82, 2.24) is 0 Å². The summed E-state index contributed by atoms with van der Waals surface area (Å²) >= 11 is 0. The maximum Gasteiger partial charge on any atom is 0.307 e. The number of carbonyl (C=O) groups is 3. The average molecular weight is 573 g/mol. The predicted octanol–water partition coefficient (Wildman–Crippen LogP) is 9.09. The Morgan fingerprint density at radius 1 is 0.732 bits per heavy atom. The van der Waals surface area contributed by atoms with Crippen LogP contribution in [-0.2, 0) is 28.6 Å². The molecule has 6 heteroatoms. The summed E-state index contributed by atoms with van der Waals surface area (Å²) in [7, 11) is 0. The molecule has 0 bridgehead atoms. The lowest BCUT2D eigenvalue weighted by Gasteiger charge is -2.19. The molecule has 0 amide bonds. The molecular formula is C35H56O6. The van der Waals surface area contributed by atoms with Crippen molar-refractivity contribution in [3.05, 3.63) is 35.1 Å². The lowest BCUT2D eigenvalue weighted by molar-refractivity contribution is -0.146. The van der Waals surface area contributed by atoms with Crippen LogP contribution in [0.2, 0.25) is 0 Å². The summed E-state index contributed by atoms with van der Waals surface area (Å²) < 4.78 is 16.0. The highest BCUT2D eigenvalue weighted by atomic mass is 16.6. The van der Waals surface area contributed by atoms with E-state index < -0.39 is 18.0 Å². The van der Waals surface area contributed by atoms with Gasteiger partial charge in [0.05, 0.1) is 12.9 Å². The number of hydrogen-bond acceptors (Lipinski definition) is 6. The lowest BCUT2D eigenvalue weighted by Crippen LogP contribution is -2.21. The van der Waals surface area contributed by atoms with Crippen molar-refractivity contribution < 1.29 is 28.6 Å². The minimum atomic E-state index is -0.660. The highest BCUT2D eigenvalue weighted by Crippen LogP contribution is 2.19. The van der Waals surface area contributed by atoms with Crippen LogP contribution in [0.15, 0.2) is 35.1 Å². The second-order valence-corrected chi connectivity index (χ2v) is 11.0. The number of unbranched alkanes of at least 4 members (excludes halogenated alkanes) is 12. The maximum atomic E-state index is 12.3. The first-order valence-electron chi connectivity index (χ1n) is 15.7. The summed E-state index contributed by atoms with van der Waals surface area (Å²) in [6, 6.07) is 0. The molecule has 0 aliphatic rings. The van der Waals surface area contributed by atoms with Gasteiger partial charge in [-0.05, 0) is 38.8 Å². The van der Waals surface area contributed by atoms with Crippen LogP contribution in [0.1, 0.15) is 144 Å². The molecule has 6 nitrogen and oxygen atoms in total. The van der Waals surface area contributed by atoms with Crippen LogP contribution in [0, 0.1) is 11.8 Å². The van der Waals surface area contributed by atoms with Crippen molar-refractivity contribution in [2.75, 3.05) is 6.61 Å². The smallest absolute Gasteiger partial charge is 0.307 e. The number of allylic oxidation sites excluding steroid dienone is 3. The van der Waals surface area contributed by atoms with E-state index >= 15 is 0 Å². The fourth-order valence-electron chi connectivity index (χ4n) is 4.20. The Kier molecular flexibility index (Phi) is 24.3. The molecule has 0 N–H and O–H groups in total. The van der Waals surface area contributed by atoms with E-state index in [0.29, 0.717) is 18.4 Å². The highest BCUT2D eigenvalue weighted by Gasteiger charge is 2.18. The molecule has 0 radical (unpaired) electrons. The average Bonchev–Trinajstić information content (AvgIpc) is 2.90. The first-order chi connectivity index (χ1) is 19.6. The molecule has 1 atom stereocenters. The summed E-state index contributed by atoms with van der Waals surface area (Å²) in [5, 5.41) is 0. The van der Waals surface area contributed by atoms with Crippen molar-refractivity contribution >= 4 is 17.9 Å². The van der Waals surface area contributed by atoms with Crippen LogP contribution in [0.25, 0.3) is 0 Å². The number of esters is 3. The number of ether oxygens (including phenoxy) is 3. The summed E-state index contributed by atoms with van der Waals surface area (Å²) in [4.78, 5) is 35.5. The quantitative estimate of drug-likeness (QED) is 0.0423. The molecule has 41 heavy (non-hydrogen) atoms. The van der Waals surface area contributed by atoms with Crippen LogP contribution in [0.5, 0.6) is 0 Å². The topological polar surface area (TPSA) is 78.9 Å². The lowest BCUT2D eigenvalue weighted by atomic mass is 10.0. The largest absolute Gasteiger partial charge is 0.465 e. The van der Waals surface area contributed by atoms with Gasteiger partial charge in [-0.1, -0.05) is 107 Å². The van der Waals surface area contributed by atoms with Gasteiger partial charge in [0, 0.05) is 38.7 Å². The van der Waals surface area contributed by atoms with Gasteiger partial charge >= 0.3 is 17.9 Å². The third kappa shape index (κ3) is 25.9. The molecule has 0 saturated carbocycles. The molecule has 0 rings (SSSR count). The van der Waals surface area contributed by atoms with Gasteiger partial charge in [0.15, 0.2) is 0 Å². The molecule has 0 unspecified atom stereocenters. The minimum Gasteiger partial charge on any atom is -0.465 e. The molecule has 0 saturated heterocycles. The molecule has 0 aromatic rings. The van der Waals surface area contributed by atoms with E-state index in [1.165, 1.54) is 84.3 Å².